The van der Waals surface area contributed by atoms with E-state index in [0.29, 0.717) is 17.6 Å². The van der Waals surface area contributed by atoms with Crippen molar-refractivity contribution < 1.29 is 9.69 Å². The Labute approximate surface area is 146 Å². The fraction of sp³-hybridized carbons (Fsp3) is 0.389. The second kappa shape index (κ2) is 7.04. The predicted molar refractivity (Wildman–Crippen MR) is 95.1 cm³/mol. The molecule has 1 aromatic heterocycles. The lowest BCUT2D eigenvalue weighted by molar-refractivity contribution is -0.924. The minimum absolute atomic E-state index is 0.00373. The molecule has 0 aliphatic carbocycles. The van der Waals surface area contributed by atoms with Crippen LogP contribution >= 0.6 is 22.9 Å². The van der Waals surface area contributed by atoms with Gasteiger partial charge in [0.05, 0.1) is 12.6 Å². The van der Waals surface area contributed by atoms with Crippen molar-refractivity contribution in [2.75, 3.05) is 13.1 Å². The highest BCUT2D eigenvalue weighted by Crippen LogP contribution is 2.24. The second-order valence-corrected chi connectivity index (χ2v) is 7.63. The molecule has 3 nitrogen and oxygen atoms in total. The van der Waals surface area contributed by atoms with Crippen LogP contribution in [0.15, 0.2) is 35.7 Å². The van der Waals surface area contributed by atoms with Crippen molar-refractivity contribution in [3.05, 3.63) is 56.7 Å². The lowest BCUT2D eigenvalue weighted by Gasteiger charge is -2.30. The standard InChI is InChI=1S/C18H21ClN2OS/c1-12(14-3-5-15(19)6-4-14)20-18(22)11-21-9-7-17-16(13(21)2)8-10-23-17/h3-6,8,10,12-13H,7,9,11H2,1-2H3,(H,20,22)/p+1/t12-,13-/m0/s1. The number of quaternary nitrogens is 1. The van der Waals surface area contributed by atoms with Crippen molar-refractivity contribution in [2.24, 2.45) is 0 Å². The molecule has 2 aromatic rings. The molecule has 1 aliphatic heterocycles. The largest absolute Gasteiger partial charge is 0.345 e. The molecule has 2 N–H and O–H groups in total. The minimum Gasteiger partial charge on any atom is -0.345 e. The van der Waals surface area contributed by atoms with Gasteiger partial charge in [-0.15, -0.1) is 11.3 Å². The molecule has 1 aromatic carbocycles. The first kappa shape index (κ1) is 16.5. The fourth-order valence-corrected chi connectivity index (χ4v) is 4.33. The van der Waals surface area contributed by atoms with Crippen LogP contribution in [0.1, 0.15) is 41.9 Å². The normalized spacial score (nSPS) is 21.5. The highest BCUT2D eigenvalue weighted by atomic mass is 35.5. The third kappa shape index (κ3) is 3.77. The number of amides is 1. The van der Waals surface area contributed by atoms with Gasteiger partial charge >= 0.3 is 0 Å². The Balaban J connectivity index is 1.58. The zero-order chi connectivity index (χ0) is 16.4. The van der Waals surface area contributed by atoms with E-state index in [0.717, 1.165) is 18.5 Å². The van der Waals surface area contributed by atoms with Gasteiger partial charge in [0.1, 0.15) is 6.04 Å². The molecule has 1 amide bonds. The maximum absolute atomic E-state index is 12.4. The van der Waals surface area contributed by atoms with Crippen LogP contribution < -0.4 is 10.2 Å². The summed E-state index contributed by atoms with van der Waals surface area (Å²) in [6.07, 6.45) is 1.08. The molecule has 0 spiro atoms. The molecule has 1 aliphatic rings. The number of rotatable bonds is 4. The molecule has 0 saturated heterocycles. The fourth-order valence-electron chi connectivity index (χ4n) is 3.23. The Morgan fingerprint density at radius 3 is 2.87 bits per heavy atom. The lowest BCUT2D eigenvalue weighted by atomic mass is 10.0. The highest BCUT2D eigenvalue weighted by molar-refractivity contribution is 7.10. The zero-order valence-electron chi connectivity index (χ0n) is 13.4. The number of hydrogen-bond acceptors (Lipinski definition) is 2. The third-order valence-electron chi connectivity index (χ3n) is 4.67. The van der Waals surface area contributed by atoms with Crippen molar-refractivity contribution in [2.45, 2.75) is 32.4 Å². The van der Waals surface area contributed by atoms with Crippen molar-refractivity contribution in [1.29, 1.82) is 0 Å². The number of hydrogen-bond donors (Lipinski definition) is 2. The van der Waals surface area contributed by atoms with Crippen molar-refractivity contribution in [1.82, 2.24) is 5.32 Å². The molecule has 1 unspecified atom stereocenters. The van der Waals surface area contributed by atoms with Crippen LogP contribution in [-0.4, -0.2) is 19.0 Å². The number of thiophene rings is 1. The smallest absolute Gasteiger partial charge is 0.275 e. The maximum atomic E-state index is 12.4. The summed E-state index contributed by atoms with van der Waals surface area (Å²) in [5.74, 6) is 0.105. The SMILES string of the molecule is C[C@H](NC(=O)C[NH+]1CCc2sccc2[C@@H]1C)c1ccc(Cl)cc1. The molecule has 0 saturated carbocycles. The Bertz CT molecular complexity index is 683. The first-order valence-electron chi connectivity index (χ1n) is 8.00. The molecule has 2 heterocycles. The van der Waals surface area contributed by atoms with E-state index >= 15 is 0 Å². The van der Waals surface area contributed by atoms with Gasteiger partial charge in [0, 0.05) is 21.9 Å². The van der Waals surface area contributed by atoms with Gasteiger partial charge in [-0.2, -0.15) is 0 Å². The summed E-state index contributed by atoms with van der Waals surface area (Å²) < 4.78 is 0. The first-order chi connectivity index (χ1) is 11.0. The van der Waals surface area contributed by atoms with Crippen molar-refractivity contribution in [3.8, 4) is 0 Å². The quantitative estimate of drug-likeness (QED) is 0.874. The van der Waals surface area contributed by atoms with Gasteiger partial charge < -0.3 is 10.2 Å². The second-order valence-electron chi connectivity index (χ2n) is 6.20. The van der Waals surface area contributed by atoms with E-state index in [1.54, 1.807) is 0 Å². The summed E-state index contributed by atoms with van der Waals surface area (Å²) in [6.45, 7) is 5.77. The molecule has 5 heteroatoms. The molecule has 0 fully saturated rings. The molecule has 3 rings (SSSR count). The van der Waals surface area contributed by atoms with Crippen LogP contribution in [0.3, 0.4) is 0 Å². The third-order valence-corrected chi connectivity index (χ3v) is 5.92. The van der Waals surface area contributed by atoms with Crippen LogP contribution in [0.2, 0.25) is 5.02 Å². The summed E-state index contributed by atoms with van der Waals surface area (Å²) in [5.41, 5.74) is 2.49. The monoisotopic (exact) mass is 349 g/mol. The van der Waals surface area contributed by atoms with Gasteiger partial charge in [0.25, 0.3) is 5.91 Å². The lowest BCUT2D eigenvalue weighted by Crippen LogP contribution is -3.14. The van der Waals surface area contributed by atoms with E-state index in [2.05, 4.69) is 23.7 Å². The molecular weight excluding hydrogens is 328 g/mol. The van der Waals surface area contributed by atoms with E-state index < -0.39 is 0 Å². The number of carbonyl (C=O) groups is 1. The number of fused-ring (bicyclic) bond motifs is 1. The average molecular weight is 350 g/mol. The van der Waals surface area contributed by atoms with Crippen LogP contribution in [0, 0.1) is 0 Å². The molecule has 122 valence electrons. The van der Waals surface area contributed by atoms with Gasteiger partial charge in [-0.25, -0.2) is 0 Å². The maximum Gasteiger partial charge on any atom is 0.275 e. The van der Waals surface area contributed by atoms with E-state index in [1.165, 1.54) is 15.3 Å². The predicted octanol–water partition coefficient (Wildman–Crippen LogP) is 2.78. The summed E-state index contributed by atoms with van der Waals surface area (Å²) in [6, 6.07) is 10.2. The van der Waals surface area contributed by atoms with Crippen LogP contribution in [0.5, 0.6) is 0 Å². The summed E-state index contributed by atoms with van der Waals surface area (Å²) in [4.78, 5) is 15.2. The molecule has 0 bridgehead atoms. The van der Waals surface area contributed by atoms with Gasteiger partial charge in [-0.3, -0.25) is 4.79 Å². The van der Waals surface area contributed by atoms with E-state index in [4.69, 9.17) is 11.6 Å². The van der Waals surface area contributed by atoms with Gasteiger partial charge in [-0.05, 0) is 43.0 Å². The summed E-state index contributed by atoms with van der Waals surface area (Å²) in [5, 5.41) is 5.97. The van der Waals surface area contributed by atoms with E-state index in [-0.39, 0.29) is 11.9 Å². The van der Waals surface area contributed by atoms with Crippen molar-refractivity contribution >= 4 is 28.8 Å². The topological polar surface area (TPSA) is 33.5 Å². The summed E-state index contributed by atoms with van der Waals surface area (Å²) in [7, 11) is 0. The Morgan fingerprint density at radius 2 is 2.13 bits per heavy atom. The molecule has 23 heavy (non-hydrogen) atoms. The zero-order valence-corrected chi connectivity index (χ0v) is 15.0. The Morgan fingerprint density at radius 1 is 1.39 bits per heavy atom. The van der Waals surface area contributed by atoms with Crippen LogP contribution in [0.25, 0.3) is 0 Å². The van der Waals surface area contributed by atoms with E-state index in [9.17, 15) is 4.79 Å². The number of benzene rings is 1. The number of carbonyl (C=O) groups excluding carboxylic acids is 1. The van der Waals surface area contributed by atoms with Crippen LogP contribution in [-0.2, 0) is 11.2 Å². The molecule has 3 atom stereocenters. The number of halogens is 1. The Hall–Kier alpha value is -1.36. The van der Waals surface area contributed by atoms with Gasteiger partial charge in [0.2, 0.25) is 0 Å². The Kier molecular flexibility index (Phi) is 5.05. The number of nitrogens with one attached hydrogen (secondary N) is 2. The minimum atomic E-state index is -0.00373. The van der Waals surface area contributed by atoms with Gasteiger partial charge in [-0.1, -0.05) is 23.7 Å². The van der Waals surface area contributed by atoms with Crippen LogP contribution in [0.4, 0.5) is 0 Å². The highest BCUT2D eigenvalue weighted by Gasteiger charge is 2.29. The molecular formula is C18H22ClN2OS+. The van der Waals surface area contributed by atoms with E-state index in [1.807, 2.05) is 42.5 Å². The summed E-state index contributed by atoms with van der Waals surface area (Å²) >= 11 is 7.74. The van der Waals surface area contributed by atoms with Crippen molar-refractivity contribution in [3.63, 3.8) is 0 Å². The first-order valence-corrected chi connectivity index (χ1v) is 9.26. The van der Waals surface area contributed by atoms with Gasteiger partial charge in [0.15, 0.2) is 6.54 Å². The molecule has 0 radical (unpaired) electrons. The average Bonchev–Trinajstić information content (AvgIpc) is 3.00.